The molecule has 22 heavy (non-hydrogen) atoms. The normalized spacial score (nSPS) is 15.9. The van der Waals surface area contributed by atoms with E-state index in [-0.39, 0.29) is 6.03 Å². The molecule has 2 amide bonds. The summed E-state index contributed by atoms with van der Waals surface area (Å²) in [5, 5.41) is 5.95. The van der Waals surface area contributed by atoms with Crippen LogP contribution in [-0.4, -0.2) is 25.2 Å². The smallest absolute Gasteiger partial charge is 0.315 e. The van der Waals surface area contributed by atoms with Crippen molar-refractivity contribution in [1.82, 2.24) is 10.6 Å². The van der Waals surface area contributed by atoms with Crippen LogP contribution in [0.4, 0.5) is 4.79 Å². The Morgan fingerprint density at radius 1 is 1.18 bits per heavy atom. The first-order valence-corrected chi connectivity index (χ1v) is 8.39. The number of hydrogen-bond donors (Lipinski definition) is 2. The van der Waals surface area contributed by atoms with Gasteiger partial charge >= 0.3 is 6.03 Å². The average molecular weight is 304 g/mol. The monoisotopic (exact) mass is 304 g/mol. The van der Waals surface area contributed by atoms with Gasteiger partial charge in [0.15, 0.2) is 0 Å². The molecule has 0 unspecified atom stereocenters. The lowest BCUT2D eigenvalue weighted by Crippen LogP contribution is -2.43. The van der Waals surface area contributed by atoms with Gasteiger partial charge in [-0.05, 0) is 43.9 Å². The van der Waals surface area contributed by atoms with E-state index in [2.05, 4.69) is 22.8 Å². The number of carbonyl (C=O) groups is 1. The van der Waals surface area contributed by atoms with E-state index >= 15 is 0 Å². The Kier molecular flexibility index (Phi) is 6.56. The maximum atomic E-state index is 11.9. The van der Waals surface area contributed by atoms with E-state index in [0.717, 1.165) is 24.2 Å². The summed E-state index contributed by atoms with van der Waals surface area (Å²) < 4.78 is 5.74. The molecule has 0 saturated heterocycles. The molecule has 4 heteroatoms. The lowest BCUT2D eigenvalue weighted by molar-refractivity contribution is 0.231. The summed E-state index contributed by atoms with van der Waals surface area (Å²) in [5.74, 6) is 0.894. The van der Waals surface area contributed by atoms with Crippen molar-refractivity contribution in [3.63, 3.8) is 0 Å². The minimum absolute atomic E-state index is 0.0727. The topological polar surface area (TPSA) is 50.4 Å². The van der Waals surface area contributed by atoms with Crippen LogP contribution in [-0.2, 0) is 0 Å². The SMILES string of the molecule is Cc1ccc(C)c(OCCNC(=O)NC2CCCCCC2)c1. The number of carbonyl (C=O) groups excluding carboxylic acids is 1. The van der Waals surface area contributed by atoms with Crippen LogP contribution in [0.3, 0.4) is 0 Å². The molecule has 0 aromatic heterocycles. The highest BCUT2D eigenvalue weighted by molar-refractivity contribution is 5.74. The highest BCUT2D eigenvalue weighted by atomic mass is 16.5. The highest BCUT2D eigenvalue weighted by Gasteiger charge is 2.14. The Morgan fingerprint density at radius 2 is 1.91 bits per heavy atom. The first kappa shape index (κ1) is 16.7. The molecule has 1 fully saturated rings. The summed E-state index contributed by atoms with van der Waals surface area (Å²) in [6.45, 7) is 5.08. The van der Waals surface area contributed by atoms with Crippen molar-refractivity contribution in [3.05, 3.63) is 29.3 Å². The third kappa shape index (κ3) is 5.58. The van der Waals surface area contributed by atoms with E-state index in [1.54, 1.807) is 0 Å². The predicted octanol–water partition coefficient (Wildman–Crippen LogP) is 3.70. The molecule has 4 nitrogen and oxygen atoms in total. The summed E-state index contributed by atoms with van der Waals surface area (Å²) in [4.78, 5) is 11.9. The number of ether oxygens (including phenoxy) is 1. The summed E-state index contributed by atoms with van der Waals surface area (Å²) in [5.41, 5.74) is 2.30. The van der Waals surface area contributed by atoms with Crippen LogP contribution in [0.1, 0.15) is 49.7 Å². The lowest BCUT2D eigenvalue weighted by atomic mass is 10.1. The molecule has 0 bridgehead atoms. The molecule has 0 heterocycles. The summed E-state index contributed by atoms with van der Waals surface area (Å²) >= 11 is 0. The van der Waals surface area contributed by atoms with Gasteiger partial charge < -0.3 is 15.4 Å². The largest absolute Gasteiger partial charge is 0.491 e. The van der Waals surface area contributed by atoms with Crippen LogP contribution in [0.2, 0.25) is 0 Å². The van der Waals surface area contributed by atoms with E-state index in [9.17, 15) is 4.79 Å². The first-order valence-electron chi connectivity index (χ1n) is 8.39. The standard InChI is InChI=1S/C18H28N2O2/c1-14-9-10-15(2)17(13-14)22-12-11-19-18(21)20-16-7-5-3-4-6-8-16/h9-10,13,16H,3-8,11-12H2,1-2H3,(H2,19,20,21). The van der Waals surface area contributed by atoms with Gasteiger partial charge in [0.05, 0.1) is 6.54 Å². The molecule has 1 saturated carbocycles. The Labute approximate surface area is 133 Å². The summed E-state index contributed by atoms with van der Waals surface area (Å²) in [6.07, 6.45) is 7.24. The van der Waals surface area contributed by atoms with Crippen LogP contribution in [0.15, 0.2) is 18.2 Å². The third-order valence-corrected chi connectivity index (χ3v) is 4.18. The van der Waals surface area contributed by atoms with Crippen LogP contribution >= 0.6 is 0 Å². The third-order valence-electron chi connectivity index (χ3n) is 4.18. The second-order valence-electron chi connectivity index (χ2n) is 6.21. The van der Waals surface area contributed by atoms with E-state index in [1.807, 2.05) is 19.9 Å². The second-order valence-corrected chi connectivity index (χ2v) is 6.21. The fourth-order valence-corrected chi connectivity index (χ4v) is 2.85. The number of nitrogens with one attached hydrogen (secondary N) is 2. The molecule has 1 aromatic rings. The molecular weight excluding hydrogens is 276 g/mol. The molecule has 2 N–H and O–H groups in total. The lowest BCUT2D eigenvalue weighted by Gasteiger charge is -2.17. The predicted molar refractivity (Wildman–Crippen MR) is 89.4 cm³/mol. The molecule has 0 spiro atoms. The van der Waals surface area contributed by atoms with Crippen LogP contribution in [0.5, 0.6) is 5.75 Å². The van der Waals surface area contributed by atoms with Gasteiger partial charge in [0, 0.05) is 6.04 Å². The molecule has 0 aliphatic heterocycles. The molecule has 0 atom stereocenters. The van der Waals surface area contributed by atoms with Crippen molar-refractivity contribution < 1.29 is 9.53 Å². The van der Waals surface area contributed by atoms with E-state index in [0.29, 0.717) is 19.2 Å². The van der Waals surface area contributed by atoms with Crippen molar-refractivity contribution in [2.75, 3.05) is 13.2 Å². The molecular formula is C18H28N2O2. The average Bonchev–Trinajstić information content (AvgIpc) is 2.75. The number of aryl methyl sites for hydroxylation is 2. The Hall–Kier alpha value is -1.71. The van der Waals surface area contributed by atoms with E-state index in [1.165, 1.54) is 31.2 Å². The maximum absolute atomic E-state index is 11.9. The van der Waals surface area contributed by atoms with Crippen LogP contribution < -0.4 is 15.4 Å². The van der Waals surface area contributed by atoms with Gasteiger partial charge in [-0.25, -0.2) is 4.79 Å². The maximum Gasteiger partial charge on any atom is 0.315 e. The number of benzene rings is 1. The molecule has 0 radical (unpaired) electrons. The summed E-state index contributed by atoms with van der Waals surface area (Å²) in [6, 6.07) is 6.41. The molecule has 122 valence electrons. The molecule has 1 aromatic carbocycles. The highest BCUT2D eigenvalue weighted by Crippen LogP contribution is 2.19. The van der Waals surface area contributed by atoms with Gasteiger partial charge in [0.25, 0.3) is 0 Å². The van der Waals surface area contributed by atoms with Gasteiger partial charge in [-0.3, -0.25) is 0 Å². The van der Waals surface area contributed by atoms with Crippen molar-refractivity contribution >= 4 is 6.03 Å². The zero-order valence-electron chi connectivity index (χ0n) is 13.8. The zero-order chi connectivity index (χ0) is 15.8. The minimum Gasteiger partial charge on any atom is -0.491 e. The fraction of sp³-hybridized carbons (Fsp3) is 0.611. The van der Waals surface area contributed by atoms with E-state index < -0.39 is 0 Å². The van der Waals surface area contributed by atoms with Crippen molar-refractivity contribution in [2.45, 2.75) is 58.4 Å². The van der Waals surface area contributed by atoms with Crippen LogP contribution in [0.25, 0.3) is 0 Å². The van der Waals surface area contributed by atoms with Gasteiger partial charge in [-0.1, -0.05) is 37.8 Å². The van der Waals surface area contributed by atoms with Gasteiger partial charge in [0.1, 0.15) is 12.4 Å². The second kappa shape index (κ2) is 8.66. The Balaban J connectivity index is 1.65. The number of hydrogen-bond acceptors (Lipinski definition) is 2. The summed E-state index contributed by atoms with van der Waals surface area (Å²) in [7, 11) is 0. The Morgan fingerprint density at radius 3 is 2.64 bits per heavy atom. The number of amides is 2. The van der Waals surface area contributed by atoms with Crippen molar-refractivity contribution in [3.8, 4) is 5.75 Å². The van der Waals surface area contributed by atoms with E-state index in [4.69, 9.17) is 4.74 Å². The number of urea groups is 1. The fourth-order valence-electron chi connectivity index (χ4n) is 2.85. The van der Waals surface area contributed by atoms with Crippen molar-refractivity contribution in [1.29, 1.82) is 0 Å². The quantitative estimate of drug-likeness (QED) is 0.643. The molecule has 2 rings (SSSR count). The molecule has 1 aliphatic carbocycles. The van der Waals surface area contributed by atoms with Crippen LogP contribution in [0, 0.1) is 13.8 Å². The van der Waals surface area contributed by atoms with Gasteiger partial charge in [-0.2, -0.15) is 0 Å². The zero-order valence-corrected chi connectivity index (χ0v) is 13.8. The van der Waals surface area contributed by atoms with Crippen molar-refractivity contribution in [2.24, 2.45) is 0 Å². The van der Waals surface area contributed by atoms with Gasteiger partial charge in [0.2, 0.25) is 0 Å². The minimum atomic E-state index is -0.0727. The Bertz CT molecular complexity index is 480. The molecule has 1 aliphatic rings. The number of rotatable bonds is 5. The van der Waals surface area contributed by atoms with Gasteiger partial charge in [-0.15, -0.1) is 0 Å². The first-order chi connectivity index (χ1) is 10.6.